The summed E-state index contributed by atoms with van der Waals surface area (Å²) in [5.41, 5.74) is -0.730. The van der Waals surface area contributed by atoms with E-state index in [0.717, 1.165) is 0 Å². The lowest BCUT2D eigenvalue weighted by atomic mass is 9.88. The molecule has 0 N–H and O–H groups in total. The fraction of sp³-hybridized carbons (Fsp3) is 0.857. The van der Waals surface area contributed by atoms with E-state index >= 15 is 0 Å². The quantitative estimate of drug-likeness (QED) is 0.349. The molecule has 0 saturated carbocycles. The van der Waals surface area contributed by atoms with E-state index < -0.39 is 5.41 Å². The first-order valence-corrected chi connectivity index (χ1v) is 9.96. The van der Waals surface area contributed by atoms with Crippen LogP contribution in [-0.2, 0) is 28.6 Å². The summed E-state index contributed by atoms with van der Waals surface area (Å²) >= 11 is 0. The highest BCUT2D eigenvalue weighted by atomic mass is 16.6. The van der Waals surface area contributed by atoms with Crippen molar-refractivity contribution in [1.82, 2.24) is 0 Å². The smallest absolute Gasteiger partial charge is 0.306 e. The predicted octanol–water partition coefficient (Wildman–Crippen LogP) is 4.15. The number of carbonyl (C=O) groups excluding carboxylic acids is 3. The summed E-state index contributed by atoms with van der Waals surface area (Å²) in [5, 5.41) is 0. The molecule has 27 heavy (non-hydrogen) atoms. The third-order valence-electron chi connectivity index (χ3n) is 4.09. The van der Waals surface area contributed by atoms with Crippen molar-refractivity contribution in [3.05, 3.63) is 0 Å². The lowest BCUT2D eigenvalue weighted by Gasteiger charge is -2.31. The van der Waals surface area contributed by atoms with Gasteiger partial charge >= 0.3 is 17.9 Å². The van der Waals surface area contributed by atoms with Gasteiger partial charge in [-0.05, 0) is 24.2 Å². The SMILES string of the molecule is CCC(COC(=O)CC(C)C)(COC(=O)CC(C)C)COC(=O)CC(C)C. The summed E-state index contributed by atoms with van der Waals surface area (Å²) in [6, 6.07) is 0. The van der Waals surface area contributed by atoms with E-state index in [9.17, 15) is 14.4 Å². The number of rotatable bonds is 13. The van der Waals surface area contributed by atoms with Gasteiger partial charge < -0.3 is 14.2 Å². The van der Waals surface area contributed by atoms with Gasteiger partial charge in [-0.1, -0.05) is 48.5 Å². The Labute approximate surface area is 164 Å². The van der Waals surface area contributed by atoms with E-state index in [0.29, 0.717) is 25.7 Å². The summed E-state index contributed by atoms with van der Waals surface area (Å²) in [6.45, 7) is 13.7. The molecule has 158 valence electrons. The van der Waals surface area contributed by atoms with Crippen LogP contribution in [0.1, 0.15) is 74.1 Å². The zero-order valence-corrected chi connectivity index (χ0v) is 18.1. The lowest BCUT2D eigenvalue weighted by Crippen LogP contribution is -2.39. The third kappa shape index (κ3) is 12.4. The van der Waals surface area contributed by atoms with Crippen molar-refractivity contribution in [3.63, 3.8) is 0 Å². The fourth-order valence-corrected chi connectivity index (χ4v) is 2.31. The van der Waals surface area contributed by atoms with Crippen molar-refractivity contribution in [2.75, 3.05) is 19.8 Å². The van der Waals surface area contributed by atoms with Crippen LogP contribution >= 0.6 is 0 Å². The maximum absolute atomic E-state index is 11.9. The molecule has 0 aliphatic carbocycles. The van der Waals surface area contributed by atoms with E-state index in [2.05, 4.69) is 0 Å². The molecule has 0 aromatic rings. The van der Waals surface area contributed by atoms with Crippen molar-refractivity contribution in [2.24, 2.45) is 23.2 Å². The van der Waals surface area contributed by atoms with Crippen LogP contribution in [0.4, 0.5) is 0 Å². The van der Waals surface area contributed by atoms with Crippen molar-refractivity contribution in [3.8, 4) is 0 Å². The first kappa shape index (κ1) is 25.4. The molecule has 0 bridgehead atoms. The Bertz CT molecular complexity index is 403. The first-order valence-electron chi connectivity index (χ1n) is 9.96. The van der Waals surface area contributed by atoms with Gasteiger partial charge in [0.15, 0.2) is 0 Å². The molecule has 0 saturated heterocycles. The van der Waals surface area contributed by atoms with Crippen molar-refractivity contribution in [2.45, 2.75) is 74.1 Å². The molecule has 6 heteroatoms. The van der Waals surface area contributed by atoms with Gasteiger partial charge in [-0.25, -0.2) is 0 Å². The molecule has 0 fully saturated rings. The maximum atomic E-state index is 11.9. The summed E-state index contributed by atoms with van der Waals surface area (Å²) in [4.78, 5) is 35.8. The molecule has 0 aliphatic rings. The van der Waals surface area contributed by atoms with Crippen molar-refractivity contribution in [1.29, 1.82) is 0 Å². The summed E-state index contributed by atoms with van der Waals surface area (Å²) in [6.07, 6.45) is 1.51. The van der Waals surface area contributed by atoms with Crippen LogP contribution in [0.15, 0.2) is 0 Å². The van der Waals surface area contributed by atoms with Gasteiger partial charge in [-0.3, -0.25) is 14.4 Å². The Morgan fingerprint density at radius 3 is 1.07 bits per heavy atom. The molecule has 0 aliphatic heterocycles. The Morgan fingerprint density at radius 2 is 0.889 bits per heavy atom. The Balaban J connectivity index is 4.97. The minimum Gasteiger partial charge on any atom is -0.465 e. The largest absolute Gasteiger partial charge is 0.465 e. The summed E-state index contributed by atoms with van der Waals surface area (Å²) in [7, 11) is 0. The monoisotopic (exact) mass is 386 g/mol. The molecule has 6 nitrogen and oxygen atoms in total. The van der Waals surface area contributed by atoms with Gasteiger partial charge in [0.2, 0.25) is 0 Å². The van der Waals surface area contributed by atoms with Crippen LogP contribution in [0.3, 0.4) is 0 Å². The average Bonchev–Trinajstić information content (AvgIpc) is 2.52. The second kappa shape index (κ2) is 12.7. The van der Waals surface area contributed by atoms with Gasteiger partial charge in [0.05, 0.1) is 5.41 Å². The number of esters is 3. The van der Waals surface area contributed by atoms with Gasteiger partial charge in [0.1, 0.15) is 19.8 Å². The van der Waals surface area contributed by atoms with Gasteiger partial charge in [0, 0.05) is 19.3 Å². The molecule has 0 amide bonds. The molecule has 0 unspecified atom stereocenters. The van der Waals surface area contributed by atoms with Crippen LogP contribution in [-0.4, -0.2) is 37.7 Å². The molecule has 0 rings (SSSR count). The fourth-order valence-electron chi connectivity index (χ4n) is 2.31. The molecule has 0 heterocycles. The normalized spacial score (nSPS) is 11.8. The maximum Gasteiger partial charge on any atom is 0.306 e. The number of hydrogen-bond acceptors (Lipinski definition) is 6. The molecular formula is C21H38O6. The van der Waals surface area contributed by atoms with E-state index in [1.807, 2.05) is 48.5 Å². The average molecular weight is 387 g/mol. The Morgan fingerprint density at radius 1 is 0.630 bits per heavy atom. The number of carbonyl (C=O) groups is 3. The second-order valence-electron chi connectivity index (χ2n) is 8.63. The van der Waals surface area contributed by atoms with Gasteiger partial charge in [-0.15, -0.1) is 0 Å². The van der Waals surface area contributed by atoms with Crippen LogP contribution in [0.25, 0.3) is 0 Å². The zero-order chi connectivity index (χ0) is 21.0. The third-order valence-corrected chi connectivity index (χ3v) is 4.09. The molecule has 0 atom stereocenters. The highest BCUT2D eigenvalue weighted by Crippen LogP contribution is 2.25. The number of hydrogen-bond donors (Lipinski definition) is 0. The van der Waals surface area contributed by atoms with Crippen LogP contribution in [0, 0.1) is 23.2 Å². The predicted molar refractivity (Wildman–Crippen MR) is 104 cm³/mol. The minimum atomic E-state index is -0.730. The highest BCUT2D eigenvalue weighted by Gasteiger charge is 2.34. The molecule has 0 aromatic heterocycles. The van der Waals surface area contributed by atoms with Crippen molar-refractivity contribution < 1.29 is 28.6 Å². The van der Waals surface area contributed by atoms with E-state index in [1.54, 1.807) is 0 Å². The Kier molecular flexibility index (Phi) is 12.0. The molecule has 0 aromatic carbocycles. The molecule has 0 spiro atoms. The summed E-state index contributed by atoms with van der Waals surface area (Å²) in [5.74, 6) is -0.316. The highest BCUT2D eigenvalue weighted by molar-refractivity contribution is 5.70. The second-order valence-corrected chi connectivity index (χ2v) is 8.63. The molecular weight excluding hydrogens is 348 g/mol. The lowest BCUT2D eigenvalue weighted by molar-refractivity contribution is -0.163. The zero-order valence-electron chi connectivity index (χ0n) is 18.1. The van der Waals surface area contributed by atoms with Gasteiger partial charge in [-0.2, -0.15) is 0 Å². The molecule has 0 radical (unpaired) electrons. The topological polar surface area (TPSA) is 78.9 Å². The van der Waals surface area contributed by atoms with Crippen molar-refractivity contribution >= 4 is 17.9 Å². The van der Waals surface area contributed by atoms with Crippen LogP contribution in [0.5, 0.6) is 0 Å². The van der Waals surface area contributed by atoms with E-state index in [1.165, 1.54) is 0 Å². The summed E-state index contributed by atoms with van der Waals surface area (Å²) < 4.78 is 16.2. The number of ether oxygens (including phenoxy) is 3. The standard InChI is InChI=1S/C21H38O6/c1-8-21(12-25-18(22)9-15(2)3,13-26-19(23)10-16(4)5)14-27-20(24)11-17(6)7/h15-17H,8-14H2,1-7H3. The van der Waals surface area contributed by atoms with E-state index in [4.69, 9.17) is 14.2 Å². The Hall–Kier alpha value is -1.59. The van der Waals surface area contributed by atoms with Crippen LogP contribution < -0.4 is 0 Å². The van der Waals surface area contributed by atoms with Crippen LogP contribution in [0.2, 0.25) is 0 Å². The van der Waals surface area contributed by atoms with Gasteiger partial charge in [0.25, 0.3) is 0 Å². The first-order chi connectivity index (χ1) is 12.5. The minimum absolute atomic E-state index is 0.0545. The van der Waals surface area contributed by atoms with E-state index in [-0.39, 0.29) is 55.5 Å².